The third-order valence-corrected chi connectivity index (χ3v) is 9.62. The second-order valence-electron chi connectivity index (χ2n) is 12.2. The van der Waals surface area contributed by atoms with Crippen LogP contribution in [0, 0.1) is 29.1 Å². The van der Waals surface area contributed by atoms with Gasteiger partial charge in [0.1, 0.15) is 12.1 Å². The van der Waals surface area contributed by atoms with E-state index in [1.54, 1.807) is 12.0 Å². The Hall–Kier alpha value is -2.51. The topological polar surface area (TPSA) is 82.0 Å². The number of nitrogens with zero attached hydrogens (tertiary/aromatic N) is 1. The van der Waals surface area contributed by atoms with Crippen LogP contribution in [0.5, 0.6) is 0 Å². The summed E-state index contributed by atoms with van der Waals surface area (Å²) < 4.78 is 0. The molecule has 4 aliphatic rings. The van der Waals surface area contributed by atoms with Crippen molar-refractivity contribution in [2.45, 2.75) is 71.4 Å². The van der Waals surface area contributed by atoms with Crippen molar-refractivity contribution in [2.24, 2.45) is 29.1 Å². The molecule has 2 aromatic carbocycles. The van der Waals surface area contributed by atoms with Gasteiger partial charge < -0.3 is 15.5 Å². The van der Waals surface area contributed by atoms with Gasteiger partial charge in [0, 0.05) is 12.0 Å². The first-order chi connectivity index (χ1) is 18.2. The van der Waals surface area contributed by atoms with Gasteiger partial charge in [-0.05, 0) is 59.6 Å². The number of hydrogen-bond donors (Lipinski definition) is 3. The Balaban J connectivity index is 1.33. The fourth-order valence-corrected chi connectivity index (χ4v) is 7.22. The number of carbonyl (C=O) groups is 1. The zero-order valence-electron chi connectivity index (χ0n) is 23.0. The molecule has 2 aromatic rings. The molecule has 8 atom stereocenters. The Morgan fingerprint density at radius 3 is 2.50 bits per heavy atom. The predicted octanol–water partition coefficient (Wildman–Crippen LogP) is 4.52. The van der Waals surface area contributed by atoms with Gasteiger partial charge >= 0.3 is 0 Å². The smallest absolute Gasteiger partial charge is 0.240 e. The Labute approximate surface area is 226 Å². The van der Waals surface area contributed by atoms with Crippen LogP contribution < -0.4 is 5.32 Å². The summed E-state index contributed by atoms with van der Waals surface area (Å²) in [5, 5.41) is 25.7. The molecule has 1 heterocycles. The van der Waals surface area contributed by atoms with E-state index in [1.165, 1.54) is 6.42 Å². The van der Waals surface area contributed by atoms with Crippen molar-refractivity contribution in [3.63, 3.8) is 0 Å². The Bertz CT molecular complexity index is 1150. The number of hydrogen-bond acceptors (Lipinski definition) is 5. The standard InChI is InChI=1S/C32H42N2O4/c1-20-26-16-25(32(26,3)4)17-27(20)33-31(37)30-29(21(2)36)28(19-35)38-34(30)18-24-12-8-11-23(15-24)14-13-22-9-6-5-7-10-22/h5-15,20-21,25-30,35-36H,16-19H2,1-4H3,(H,33,37)/t20-,21-,25+,26-,27?,28-,29+,30-/m0/s1. The molecule has 1 unspecified atom stereocenters. The van der Waals surface area contributed by atoms with Gasteiger partial charge in [-0.3, -0.25) is 9.63 Å². The molecule has 1 saturated heterocycles. The highest BCUT2D eigenvalue weighted by Gasteiger charge is 2.57. The van der Waals surface area contributed by atoms with E-state index in [2.05, 4.69) is 56.4 Å². The van der Waals surface area contributed by atoms with Crippen LogP contribution in [-0.2, 0) is 16.2 Å². The third kappa shape index (κ3) is 5.20. The van der Waals surface area contributed by atoms with Gasteiger partial charge in [0.2, 0.25) is 5.91 Å². The van der Waals surface area contributed by atoms with Gasteiger partial charge in [0.15, 0.2) is 0 Å². The van der Waals surface area contributed by atoms with Gasteiger partial charge in [0.25, 0.3) is 0 Å². The lowest BCUT2D eigenvalue weighted by molar-refractivity contribution is -0.183. The molecule has 0 radical (unpaired) electrons. The molecule has 3 saturated carbocycles. The van der Waals surface area contributed by atoms with E-state index in [0.717, 1.165) is 23.1 Å². The molecule has 3 aliphatic carbocycles. The molecule has 3 N–H and O–H groups in total. The van der Waals surface area contributed by atoms with Crippen LogP contribution >= 0.6 is 0 Å². The lowest BCUT2D eigenvalue weighted by Gasteiger charge is -2.62. The lowest BCUT2D eigenvalue weighted by atomic mass is 9.45. The Morgan fingerprint density at radius 1 is 1.13 bits per heavy atom. The third-order valence-electron chi connectivity index (χ3n) is 9.62. The van der Waals surface area contributed by atoms with Crippen LogP contribution in [0.15, 0.2) is 54.6 Å². The highest BCUT2D eigenvalue weighted by Crippen LogP contribution is 2.61. The molecular formula is C32H42N2O4. The number of benzene rings is 2. The van der Waals surface area contributed by atoms with E-state index < -0.39 is 24.2 Å². The summed E-state index contributed by atoms with van der Waals surface area (Å²) >= 11 is 0. The van der Waals surface area contributed by atoms with Gasteiger partial charge in [0.05, 0.1) is 19.3 Å². The zero-order chi connectivity index (χ0) is 27.0. The summed E-state index contributed by atoms with van der Waals surface area (Å²) in [7, 11) is 0. The highest BCUT2D eigenvalue weighted by molar-refractivity contribution is 5.83. The molecule has 1 aliphatic heterocycles. The minimum Gasteiger partial charge on any atom is -0.394 e. The number of aliphatic hydroxyl groups is 2. The predicted molar refractivity (Wildman–Crippen MR) is 149 cm³/mol. The fraction of sp³-hybridized carbons (Fsp3) is 0.531. The van der Waals surface area contributed by atoms with Crippen LogP contribution in [-0.4, -0.2) is 52.1 Å². The molecule has 2 bridgehead atoms. The quantitative estimate of drug-likeness (QED) is 0.448. The van der Waals surface area contributed by atoms with Gasteiger partial charge in [-0.15, -0.1) is 0 Å². The number of carbonyl (C=O) groups excluding carboxylic acids is 1. The van der Waals surface area contributed by atoms with Gasteiger partial charge in [-0.2, -0.15) is 5.06 Å². The molecule has 0 aromatic heterocycles. The van der Waals surface area contributed by atoms with E-state index in [-0.39, 0.29) is 18.6 Å². The Kier molecular flexibility index (Phi) is 7.79. The number of rotatable bonds is 8. The molecule has 4 fully saturated rings. The number of amides is 1. The van der Waals surface area contributed by atoms with E-state index in [0.29, 0.717) is 29.7 Å². The van der Waals surface area contributed by atoms with Crippen molar-refractivity contribution in [2.75, 3.05) is 6.61 Å². The second-order valence-corrected chi connectivity index (χ2v) is 12.2. The van der Waals surface area contributed by atoms with Crippen LogP contribution in [0.25, 0.3) is 12.2 Å². The van der Waals surface area contributed by atoms with E-state index in [9.17, 15) is 15.0 Å². The maximum absolute atomic E-state index is 13.8. The first kappa shape index (κ1) is 27.1. The summed E-state index contributed by atoms with van der Waals surface area (Å²) in [5.74, 6) is 1.01. The van der Waals surface area contributed by atoms with E-state index in [4.69, 9.17) is 4.84 Å². The molecule has 6 rings (SSSR count). The van der Waals surface area contributed by atoms with Gasteiger partial charge in [-0.1, -0.05) is 87.5 Å². The number of nitrogens with one attached hydrogen (secondary N) is 1. The first-order valence-electron chi connectivity index (χ1n) is 14.0. The maximum Gasteiger partial charge on any atom is 0.240 e. The molecular weight excluding hydrogens is 476 g/mol. The molecule has 6 heteroatoms. The number of fused-ring (bicyclic) bond motifs is 2. The summed E-state index contributed by atoms with van der Waals surface area (Å²) in [6.07, 6.45) is 4.94. The van der Waals surface area contributed by atoms with Crippen molar-refractivity contribution < 1.29 is 19.8 Å². The summed E-state index contributed by atoms with van der Waals surface area (Å²) in [5.41, 5.74) is 3.51. The van der Waals surface area contributed by atoms with Crippen molar-refractivity contribution in [1.29, 1.82) is 0 Å². The molecule has 0 spiro atoms. The van der Waals surface area contributed by atoms with Gasteiger partial charge in [-0.25, -0.2) is 0 Å². The van der Waals surface area contributed by atoms with Crippen LogP contribution in [0.4, 0.5) is 0 Å². The normalized spacial score (nSPS) is 33.2. The molecule has 6 nitrogen and oxygen atoms in total. The molecule has 204 valence electrons. The van der Waals surface area contributed by atoms with Crippen LogP contribution in [0.3, 0.4) is 0 Å². The summed E-state index contributed by atoms with van der Waals surface area (Å²) in [4.78, 5) is 19.9. The Morgan fingerprint density at radius 2 is 1.84 bits per heavy atom. The monoisotopic (exact) mass is 518 g/mol. The van der Waals surface area contributed by atoms with Crippen molar-refractivity contribution in [3.05, 3.63) is 71.3 Å². The summed E-state index contributed by atoms with van der Waals surface area (Å²) in [6.45, 7) is 8.76. The fourth-order valence-electron chi connectivity index (χ4n) is 7.22. The lowest BCUT2D eigenvalue weighted by Crippen LogP contribution is -2.62. The minimum atomic E-state index is -0.802. The van der Waals surface area contributed by atoms with E-state index in [1.807, 2.05) is 36.4 Å². The van der Waals surface area contributed by atoms with Crippen LogP contribution in [0.2, 0.25) is 0 Å². The van der Waals surface area contributed by atoms with Crippen molar-refractivity contribution >= 4 is 18.1 Å². The second kappa shape index (κ2) is 10.9. The van der Waals surface area contributed by atoms with Crippen molar-refractivity contribution in [3.8, 4) is 0 Å². The van der Waals surface area contributed by atoms with E-state index >= 15 is 0 Å². The first-order valence-corrected chi connectivity index (χ1v) is 14.0. The largest absolute Gasteiger partial charge is 0.394 e. The highest BCUT2D eigenvalue weighted by atomic mass is 16.7. The van der Waals surface area contributed by atoms with Crippen molar-refractivity contribution in [1.82, 2.24) is 10.4 Å². The number of aliphatic hydroxyl groups excluding tert-OH is 2. The maximum atomic E-state index is 13.8. The average molecular weight is 519 g/mol. The minimum absolute atomic E-state index is 0.121. The van der Waals surface area contributed by atoms with Crippen LogP contribution in [0.1, 0.15) is 57.2 Å². The summed E-state index contributed by atoms with van der Waals surface area (Å²) in [6, 6.07) is 17.7. The number of hydroxylamine groups is 2. The zero-order valence-corrected chi connectivity index (χ0v) is 23.0. The molecule has 38 heavy (non-hydrogen) atoms. The average Bonchev–Trinajstić information content (AvgIpc) is 3.27. The molecule has 1 amide bonds. The SMILES string of the molecule is C[C@H](O)[C@@H]1[C@H](CO)ON(Cc2cccc(C=Cc3ccccc3)c2)[C@@H]1C(=O)NC1C[C@H]2C[C@@H]([C@@H]1C)C2(C)C.